The van der Waals surface area contributed by atoms with Gasteiger partial charge in [0.25, 0.3) is 5.56 Å². The third-order valence-electron chi connectivity index (χ3n) is 2.82. The topological polar surface area (TPSA) is 74.8 Å². The van der Waals surface area contributed by atoms with E-state index in [4.69, 9.17) is 23.2 Å². The number of carbonyl (C=O) groups excluding carboxylic acids is 1. The molecule has 0 saturated carbocycles. The molecule has 2 rings (SSSR count). The van der Waals surface area contributed by atoms with Crippen LogP contribution in [0.25, 0.3) is 0 Å². The number of halogens is 2. The number of amides is 1. The fraction of sp³-hybridized carbons (Fsp3) is 0.267. The molecule has 23 heavy (non-hydrogen) atoms. The summed E-state index contributed by atoms with van der Waals surface area (Å²) in [6, 6.07) is 6.26. The molecule has 1 heterocycles. The highest BCUT2D eigenvalue weighted by atomic mass is 35.5. The van der Waals surface area contributed by atoms with Crippen molar-refractivity contribution in [3.8, 4) is 0 Å². The van der Waals surface area contributed by atoms with Crippen LogP contribution in [0.3, 0.4) is 0 Å². The molecular weight excluding hydrogens is 357 g/mol. The van der Waals surface area contributed by atoms with Gasteiger partial charge in [-0.1, -0.05) is 48.8 Å². The lowest BCUT2D eigenvalue weighted by Crippen LogP contribution is -2.16. The van der Waals surface area contributed by atoms with Gasteiger partial charge in [0, 0.05) is 21.8 Å². The molecule has 1 aromatic heterocycles. The van der Waals surface area contributed by atoms with E-state index in [2.05, 4.69) is 15.3 Å². The first kappa shape index (κ1) is 17.8. The standard InChI is InChI=1S/C15H15Cl2N3O2S/c1-8(2)12-6-13(21)20-15(19-12)23-7-14(22)18-11-4-9(16)3-10(17)5-11/h3-6,8H,7H2,1-2H3,(H,18,22)(H,19,20,21). The lowest BCUT2D eigenvalue weighted by molar-refractivity contribution is -0.113. The second-order valence-corrected chi connectivity index (χ2v) is 6.96. The summed E-state index contributed by atoms with van der Waals surface area (Å²) in [5.41, 5.74) is 0.983. The molecule has 2 N–H and O–H groups in total. The molecule has 0 fully saturated rings. The molecule has 5 nitrogen and oxygen atoms in total. The molecule has 8 heteroatoms. The maximum Gasteiger partial charge on any atom is 0.251 e. The molecule has 122 valence electrons. The van der Waals surface area contributed by atoms with Crippen LogP contribution >= 0.6 is 35.0 Å². The monoisotopic (exact) mass is 371 g/mol. The van der Waals surface area contributed by atoms with Gasteiger partial charge in [-0.05, 0) is 24.1 Å². The van der Waals surface area contributed by atoms with Gasteiger partial charge in [-0.15, -0.1) is 0 Å². The van der Waals surface area contributed by atoms with Crippen molar-refractivity contribution in [3.63, 3.8) is 0 Å². The van der Waals surface area contributed by atoms with E-state index >= 15 is 0 Å². The maximum atomic E-state index is 12.0. The summed E-state index contributed by atoms with van der Waals surface area (Å²) < 4.78 is 0. The second kappa shape index (κ2) is 7.86. The molecule has 0 radical (unpaired) electrons. The minimum atomic E-state index is -0.245. The number of thioether (sulfide) groups is 1. The molecule has 0 unspecified atom stereocenters. The number of hydrogen-bond acceptors (Lipinski definition) is 4. The zero-order valence-corrected chi connectivity index (χ0v) is 14.9. The van der Waals surface area contributed by atoms with E-state index in [9.17, 15) is 9.59 Å². The Bertz CT molecular complexity index is 757. The molecule has 0 aliphatic rings. The molecule has 0 saturated heterocycles. The quantitative estimate of drug-likeness (QED) is 0.616. The fourth-order valence-corrected chi connectivity index (χ4v) is 2.98. The Balaban J connectivity index is 2.00. The lowest BCUT2D eigenvalue weighted by Gasteiger charge is -2.08. The number of anilines is 1. The van der Waals surface area contributed by atoms with Crippen LogP contribution in [0.5, 0.6) is 0 Å². The summed E-state index contributed by atoms with van der Waals surface area (Å²) in [6.07, 6.45) is 0. The second-order valence-electron chi connectivity index (χ2n) is 5.13. The number of benzene rings is 1. The Morgan fingerprint density at radius 2 is 1.91 bits per heavy atom. The lowest BCUT2D eigenvalue weighted by atomic mass is 10.1. The third-order valence-corrected chi connectivity index (χ3v) is 4.13. The minimum absolute atomic E-state index is 0.106. The molecule has 0 bridgehead atoms. The third kappa shape index (κ3) is 5.57. The van der Waals surface area contributed by atoms with Crippen molar-refractivity contribution in [2.45, 2.75) is 24.9 Å². The van der Waals surface area contributed by atoms with Gasteiger partial charge in [0.05, 0.1) is 11.4 Å². The number of H-pyrrole nitrogens is 1. The van der Waals surface area contributed by atoms with Crippen LogP contribution in [0, 0.1) is 0 Å². The number of aromatic nitrogens is 2. The maximum absolute atomic E-state index is 12.0. The van der Waals surface area contributed by atoms with E-state index in [1.165, 1.54) is 6.07 Å². The van der Waals surface area contributed by atoms with Crippen LogP contribution in [-0.4, -0.2) is 21.6 Å². The van der Waals surface area contributed by atoms with Crippen molar-refractivity contribution in [2.75, 3.05) is 11.1 Å². The first-order valence-corrected chi connectivity index (χ1v) is 8.57. The van der Waals surface area contributed by atoms with Crippen LogP contribution < -0.4 is 10.9 Å². The van der Waals surface area contributed by atoms with Crippen molar-refractivity contribution in [1.29, 1.82) is 0 Å². The van der Waals surface area contributed by atoms with Crippen LogP contribution in [-0.2, 0) is 4.79 Å². The Morgan fingerprint density at radius 1 is 1.26 bits per heavy atom. The van der Waals surface area contributed by atoms with E-state index in [0.717, 1.165) is 11.8 Å². The predicted molar refractivity (Wildman–Crippen MR) is 94.8 cm³/mol. The summed E-state index contributed by atoms with van der Waals surface area (Å²) in [7, 11) is 0. The smallest absolute Gasteiger partial charge is 0.251 e. The first-order valence-electron chi connectivity index (χ1n) is 6.83. The van der Waals surface area contributed by atoms with Gasteiger partial charge in [0.15, 0.2) is 5.16 Å². The predicted octanol–water partition coefficient (Wildman–Crippen LogP) is 3.93. The van der Waals surface area contributed by atoms with E-state index in [1.807, 2.05) is 13.8 Å². The zero-order valence-electron chi connectivity index (χ0n) is 12.5. The molecule has 0 aliphatic heterocycles. The van der Waals surface area contributed by atoms with Crippen molar-refractivity contribution >= 4 is 46.6 Å². The van der Waals surface area contributed by atoms with Gasteiger partial charge in [-0.3, -0.25) is 9.59 Å². The van der Waals surface area contributed by atoms with Crippen LogP contribution in [0.4, 0.5) is 5.69 Å². The Kier molecular flexibility index (Phi) is 6.10. The van der Waals surface area contributed by atoms with Gasteiger partial charge in [0.1, 0.15) is 0 Å². The summed E-state index contributed by atoms with van der Waals surface area (Å²) in [6.45, 7) is 3.90. The number of rotatable bonds is 5. The summed E-state index contributed by atoms with van der Waals surface area (Å²) >= 11 is 12.9. The molecule has 1 aromatic carbocycles. The Labute approximate surface area is 147 Å². The van der Waals surface area contributed by atoms with Gasteiger partial charge in [0.2, 0.25) is 5.91 Å². The van der Waals surface area contributed by atoms with Crippen molar-refractivity contribution < 1.29 is 4.79 Å². The normalized spacial score (nSPS) is 10.8. The number of nitrogens with zero attached hydrogens (tertiary/aromatic N) is 1. The minimum Gasteiger partial charge on any atom is -0.325 e. The van der Waals surface area contributed by atoms with E-state index in [1.54, 1.807) is 18.2 Å². The molecule has 0 aliphatic carbocycles. The SMILES string of the molecule is CC(C)c1cc(=O)[nH]c(SCC(=O)Nc2cc(Cl)cc(Cl)c2)n1. The molecule has 0 spiro atoms. The van der Waals surface area contributed by atoms with Gasteiger partial charge in [-0.25, -0.2) is 4.98 Å². The summed E-state index contributed by atoms with van der Waals surface area (Å²) in [4.78, 5) is 30.5. The van der Waals surface area contributed by atoms with Crippen molar-refractivity contribution in [1.82, 2.24) is 9.97 Å². The first-order chi connectivity index (χ1) is 10.8. The Morgan fingerprint density at radius 3 is 2.52 bits per heavy atom. The van der Waals surface area contributed by atoms with Gasteiger partial charge < -0.3 is 10.3 Å². The molecule has 2 aromatic rings. The highest BCUT2D eigenvalue weighted by Crippen LogP contribution is 2.23. The Hall–Kier alpha value is -1.50. The highest BCUT2D eigenvalue weighted by Gasteiger charge is 2.09. The van der Waals surface area contributed by atoms with Crippen LogP contribution in [0.1, 0.15) is 25.5 Å². The highest BCUT2D eigenvalue weighted by molar-refractivity contribution is 7.99. The largest absolute Gasteiger partial charge is 0.325 e. The summed E-state index contributed by atoms with van der Waals surface area (Å²) in [5, 5.41) is 4.00. The molecule has 0 atom stereocenters. The van der Waals surface area contributed by atoms with E-state index < -0.39 is 0 Å². The van der Waals surface area contributed by atoms with Crippen molar-refractivity contribution in [3.05, 3.63) is 50.4 Å². The van der Waals surface area contributed by atoms with Crippen LogP contribution in [0.2, 0.25) is 10.0 Å². The van der Waals surface area contributed by atoms with Gasteiger partial charge in [-0.2, -0.15) is 0 Å². The average Bonchev–Trinajstić information content (AvgIpc) is 2.43. The average molecular weight is 372 g/mol. The number of aromatic amines is 1. The number of hydrogen-bond donors (Lipinski definition) is 2. The number of carbonyl (C=O) groups is 1. The van der Waals surface area contributed by atoms with Crippen LogP contribution in [0.15, 0.2) is 34.2 Å². The van der Waals surface area contributed by atoms with E-state index in [-0.39, 0.29) is 23.1 Å². The fourth-order valence-electron chi connectivity index (χ4n) is 1.77. The van der Waals surface area contributed by atoms with Gasteiger partial charge >= 0.3 is 0 Å². The molecular formula is C15H15Cl2N3O2S. The number of nitrogens with one attached hydrogen (secondary N) is 2. The van der Waals surface area contributed by atoms with E-state index in [0.29, 0.717) is 26.6 Å². The molecule has 1 amide bonds. The summed E-state index contributed by atoms with van der Waals surface area (Å²) in [5.74, 6) is -0.000696. The van der Waals surface area contributed by atoms with Crippen molar-refractivity contribution in [2.24, 2.45) is 0 Å². The zero-order chi connectivity index (χ0) is 17.0.